The van der Waals surface area contributed by atoms with E-state index >= 15 is 0 Å². The molecule has 1 fully saturated rings. The third-order valence-electron chi connectivity index (χ3n) is 5.50. The van der Waals surface area contributed by atoms with Gasteiger partial charge in [0.2, 0.25) is 0 Å². The monoisotopic (exact) mass is 413 g/mol. The zero-order valence-electron chi connectivity index (χ0n) is 17.6. The Kier molecular flexibility index (Phi) is 5.94. The number of nitrogens with zero attached hydrogens (tertiary/aromatic N) is 3. The summed E-state index contributed by atoms with van der Waals surface area (Å²) >= 11 is 1.76. The minimum Gasteiger partial charge on any atom is -0.487 e. The highest BCUT2D eigenvalue weighted by molar-refractivity contribution is 7.13. The van der Waals surface area contributed by atoms with Crippen molar-refractivity contribution in [2.75, 3.05) is 31.6 Å². The minimum atomic E-state index is -0.211. The maximum atomic E-state index is 6.14. The number of rotatable bonds is 5. The Bertz CT molecular complexity index is 856. The molecule has 1 aromatic heterocycles. The van der Waals surface area contributed by atoms with Crippen molar-refractivity contribution in [2.24, 2.45) is 4.99 Å². The molecule has 7 heteroatoms. The summed E-state index contributed by atoms with van der Waals surface area (Å²) in [5.74, 6) is 1.77. The second kappa shape index (κ2) is 8.61. The van der Waals surface area contributed by atoms with E-state index in [0.29, 0.717) is 0 Å². The number of nitrogens with one attached hydrogen (secondary N) is 2. The van der Waals surface area contributed by atoms with Gasteiger partial charge in [-0.1, -0.05) is 18.2 Å². The Morgan fingerprint density at radius 2 is 2.10 bits per heavy atom. The predicted octanol–water partition coefficient (Wildman–Crippen LogP) is 3.75. The molecule has 0 amide bonds. The van der Waals surface area contributed by atoms with E-state index in [1.807, 2.05) is 19.2 Å². The average Bonchev–Trinajstić information content (AvgIpc) is 3.38. The molecule has 0 aliphatic carbocycles. The number of hydrogen-bond donors (Lipinski definition) is 2. The summed E-state index contributed by atoms with van der Waals surface area (Å²) < 4.78 is 6.14. The molecule has 0 spiro atoms. The van der Waals surface area contributed by atoms with Crippen LogP contribution in [0, 0.1) is 0 Å². The topological polar surface area (TPSA) is 61.8 Å². The molecule has 29 heavy (non-hydrogen) atoms. The Morgan fingerprint density at radius 1 is 1.31 bits per heavy atom. The van der Waals surface area contributed by atoms with Gasteiger partial charge in [0, 0.05) is 50.5 Å². The SMILES string of the molecule is CN=C(NCCc1csc(N2CCCC2)n1)NC1CC(C)(C)Oc2ccccc21. The summed E-state index contributed by atoms with van der Waals surface area (Å²) in [6.45, 7) is 7.36. The second-order valence-electron chi connectivity index (χ2n) is 8.37. The molecule has 6 nitrogen and oxygen atoms in total. The van der Waals surface area contributed by atoms with Crippen LogP contribution in [-0.4, -0.2) is 43.2 Å². The Balaban J connectivity index is 1.33. The van der Waals surface area contributed by atoms with Crippen LogP contribution in [0.15, 0.2) is 34.6 Å². The van der Waals surface area contributed by atoms with Gasteiger partial charge in [-0.3, -0.25) is 4.99 Å². The number of anilines is 1. The standard InChI is InChI=1S/C22H31N5OS/c1-22(2)14-18(17-8-4-5-9-19(17)28-22)26-20(23-3)24-11-10-16-15-29-21(25-16)27-12-6-7-13-27/h4-5,8-9,15,18H,6-7,10-14H2,1-3H3,(H2,23,24,26). The number of hydrogen-bond acceptors (Lipinski definition) is 5. The Morgan fingerprint density at radius 3 is 2.90 bits per heavy atom. The lowest BCUT2D eigenvalue weighted by Crippen LogP contribution is -2.45. The van der Waals surface area contributed by atoms with Gasteiger partial charge in [-0.25, -0.2) is 4.98 Å². The van der Waals surface area contributed by atoms with Gasteiger partial charge >= 0.3 is 0 Å². The van der Waals surface area contributed by atoms with Crippen molar-refractivity contribution >= 4 is 22.4 Å². The maximum absolute atomic E-state index is 6.14. The van der Waals surface area contributed by atoms with Crippen LogP contribution in [0.25, 0.3) is 0 Å². The van der Waals surface area contributed by atoms with Crippen molar-refractivity contribution in [3.63, 3.8) is 0 Å². The van der Waals surface area contributed by atoms with E-state index in [1.54, 1.807) is 11.3 Å². The van der Waals surface area contributed by atoms with Gasteiger partial charge in [0.05, 0.1) is 11.7 Å². The summed E-state index contributed by atoms with van der Waals surface area (Å²) in [7, 11) is 1.82. The number of thiazole rings is 1. The van der Waals surface area contributed by atoms with Gasteiger partial charge in [-0.05, 0) is 32.8 Å². The summed E-state index contributed by atoms with van der Waals surface area (Å²) in [6, 6.07) is 8.42. The van der Waals surface area contributed by atoms with Crippen molar-refractivity contribution in [1.29, 1.82) is 0 Å². The molecule has 2 aromatic rings. The van der Waals surface area contributed by atoms with Gasteiger partial charge in [-0.15, -0.1) is 11.3 Å². The lowest BCUT2D eigenvalue weighted by molar-refractivity contribution is 0.0694. The molecule has 156 valence electrons. The number of guanidine groups is 1. The second-order valence-corrected chi connectivity index (χ2v) is 9.20. The normalized spacial score (nSPS) is 20.9. The minimum absolute atomic E-state index is 0.169. The van der Waals surface area contributed by atoms with E-state index < -0.39 is 0 Å². The summed E-state index contributed by atoms with van der Waals surface area (Å²) in [5, 5.41) is 10.4. The molecular formula is C22H31N5OS. The quantitative estimate of drug-likeness (QED) is 0.577. The molecular weight excluding hydrogens is 382 g/mol. The molecule has 2 aliphatic rings. The molecule has 4 rings (SSSR count). The Hall–Kier alpha value is -2.28. The third kappa shape index (κ3) is 4.83. The first-order chi connectivity index (χ1) is 14.0. The van der Waals surface area contributed by atoms with Crippen LogP contribution in [0.4, 0.5) is 5.13 Å². The van der Waals surface area contributed by atoms with E-state index in [0.717, 1.165) is 49.9 Å². The summed E-state index contributed by atoms with van der Waals surface area (Å²) in [6.07, 6.45) is 4.34. The lowest BCUT2D eigenvalue weighted by atomic mass is 9.90. The molecule has 0 bridgehead atoms. The van der Waals surface area contributed by atoms with Crippen LogP contribution in [0.3, 0.4) is 0 Å². The van der Waals surface area contributed by atoms with Crippen LogP contribution in [-0.2, 0) is 6.42 Å². The third-order valence-corrected chi connectivity index (χ3v) is 6.45. The highest BCUT2D eigenvalue weighted by atomic mass is 32.1. The lowest BCUT2D eigenvalue weighted by Gasteiger charge is -2.38. The average molecular weight is 414 g/mol. The van der Waals surface area contributed by atoms with Crippen molar-refractivity contribution in [3.8, 4) is 5.75 Å². The zero-order chi connectivity index (χ0) is 20.3. The molecule has 1 saturated heterocycles. The van der Waals surface area contributed by atoms with Crippen molar-refractivity contribution in [2.45, 2.75) is 51.2 Å². The number of para-hydroxylation sites is 1. The largest absolute Gasteiger partial charge is 0.487 e. The summed E-state index contributed by atoms with van der Waals surface area (Å²) in [5.41, 5.74) is 2.12. The fourth-order valence-corrected chi connectivity index (χ4v) is 4.98. The number of ether oxygens (including phenoxy) is 1. The van der Waals surface area contributed by atoms with Gasteiger partial charge in [0.25, 0.3) is 0 Å². The molecule has 3 heterocycles. The highest BCUT2D eigenvalue weighted by Crippen LogP contribution is 2.39. The fourth-order valence-electron chi connectivity index (χ4n) is 4.06. The first-order valence-corrected chi connectivity index (χ1v) is 11.4. The van der Waals surface area contributed by atoms with Gasteiger partial charge in [-0.2, -0.15) is 0 Å². The highest BCUT2D eigenvalue weighted by Gasteiger charge is 2.33. The molecule has 1 atom stereocenters. The number of benzene rings is 1. The molecule has 1 unspecified atom stereocenters. The van der Waals surface area contributed by atoms with Gasteiger partial charge in [0.15, 0.2) is 11.1 Å². The first-order valence-electron chi connectivity index (χ1n) is 10.5. The van der Waals surface area contributed by atoms with Crippen LogP contribution >= 0.6 is 11.3 Å². The summed E-state index contributed by atoms with van der Waals surface area (Å²) in [4.78, 5) is 11.6. The van der Waals surface area contributed by atoms with Crippen LogP contribution in [0.2, 0.25) is 0 Å². The zero-order valence-corrected chi connectivity index (χ0v) is 18.4. The molecule has 0 radical (unpaired) electrons. The van der Waals surface area contributed by atoms with E-state index in [4.69, 9.17) is 9.72 Å². The smallest absolute Gasteiger partial charge is 0.191 e. The molecule has 2 N–H and O–H groups in total. The fraction of sp³-hybridized carbons (Fsp3) is 0.545. The molecule has 2 aliphatic heterocycles. The van der Waals surface area contributed by atoms with Crippen LogP contribution < -0.4 is 20.3 Å². The van der Waals surface area contributed by atoms with Crippen LogP contribution in [0.1, 0.15) is 50.4 Å². The number of fused-ring (bicyclic) bond motifs is 1. The van der Waals surface area contributed by atoms with E-state index in [1.165, 1.54) is 23.5 Å². The van der Waals surface area contributed by atoms with E-state index in [-0.39, 0.29) is 11.6 Å². The van der Waals surface area contributed by atoms with Crippen molar-refractivity contribution in [3.05, 3.63) is 40.9 Å². The predicted molar refractivity (Wildman–Crippen MR) is 120 cm³/mol. The first kappa shape index (κ1) is 20.0. The molecule has 0 saturated carbocycles. The Labute approximate surface area is 177 Å². The maximum Gasteiger partial charge on any atom is 0.191 e. The van der Waals surface area contributed by atoms with E-state index in [2.05, 4.69) is 51.9 Å². The van der Waals surface area contributed by atoms with Gasteiger partial charge < -0.3 is 20.3 Å². The van der Waals surface area contributed by atoms with Crippen molar-refractivity contribution < 1.29 is 4.74 Å². The number of aliphatic imine (C=N–C) groups is 1. The number of aromatic nitrogens is 1. The molecule has 1 aromatic carbocycles. The van der Waals surface area contributed by atoms with Crippen LogP contribution in [0.5, 0.6) is 5.75 Å². The van der Waals surface area contributed by atoms with Crippen molar-refractivity contribution in [1.82, 2.24) is 15.6 Å². The van der Waals surface area contributed by atoms with E-state index in [9.17, 15) is 0 Å². The van der Waals surface area contributed by atoms with Gasteiger partial charge in [0.1, 0.15) is 11.4 Å².